The van der Waals surface area contributed by atoms with Crippen molar-refractivity contribution in [2.45, 2.75) is 32.8 Å². The second kappa shape index (κ2) is 4.72. The number of carbonyl (C=O) groups is 1. The molecule has 1 aliphatic rings. The van der Waals surface area contributed by atoms with Crippen molar-refractivity contribution in [3.8, 4) is 0 Å². The van der Waals surface area contributed by atoms with Crippen molar-refractivity contribution in [3.05, 3.63) is 0 Å². The van der Waals surface area contributed by atoms with E-state index in [1.807, 2.05) is 13.8 Å². The maximum Gasteiger partial charge on any atom is 0.135 e. The van der Waals surface area contributed by atoms with E-state index >= 15 is 0 Å². The van der Waals surface area contributed by atoms with Gasteiger partial charge in [-0.15, -0.1) is 0 Å². The normalized spacial score (nSPS) is 22.3. The number of nitrogens with zero attached hydrogens (tertiary/aromatic N) is 1. The molecule has 1 aliphatic heterocycles. The van der Waals surface area contributed by atoms with Crippen molar-refractivity contribution in [2.24, 2.45) is 5.92 Å². The van der Waals surface area contributed by atoms with Crippen LogP contribution in [0.1, 0.15) is 26.7 Å². The summed E-state index contributed by atoms with van der Waals surface area (Å²) < 4.78 is 0. The minimum absolute atomic E-state index is 0.256. The summed E-state index contributed by atoms with van der Waals surface area (Å²) >= 11 is 0. The fraction of sp³-hybridized carbons (Fsp3) is 0.900. The molecule has 1 unspecified atom stereocenters. The van der Waals surface area contributed by atoms with Gasteiger partial charge < -0.3 is 5.11 Å². The van der Waals surface area contributed by atoms with Crippen LogP contribution in [0.5, 0.6) is 0 Å². The number of aliphatic hydroxyl groups is 1. The van der Waals surface area contributed by atoms with Crippen molar-refractivity contribution in [1.29, 1.82) is 0 Å². The fourth-order valence-electron chi connectivity index (χ4n) is 1.46. The number of ketones is 1. The molecule has 0 saturated carbocycles. The van der Waals surface area contributed by atoms with Crippen LogP contribution >= 0.6 is 0 Å². The van der Waals surface area contributed by atoms with E-state index in [1.54, 1.807) is 0 Å². The van der Waals surface area contributed by atoms with E-state index < -0.39 is 0 Å². The molecule has 1 saturated heterocycles. The van der Waals surface area contributed by atoms with Crippen LogP contribution in [0.25, 0.3) is 0 Å². The van der Waals surface area contributed by atoms with E-state index in [0.29, 0.717) is 31.1 Å². The van der Waals surface area contributed by atoms with Gasteiger partial charge in [-0.25, -0.2) is 0 Å². The minimum Gasteiger partial charge on any atom is -0.392 e. The summed E-state index contributed by atoms with van der Waals surface area (Å²) in [5.74, 6) is 0.660. The highest BCUT2D eigenvalue weighted by atomic mass is 16.3. The van der Waals surface area contributed by atoms with Crippen molar-refractivity contribution in [3.63, 3.8) is 0 Å². The van der Waals surface area contributed by atoms with Crippen LogP contribution in [0.3, 0.4) is 0 Å². The topological polar surface area (TPSA) is 40.5 Å². The molecule has 13 heavy (non-hydrogen) atoms. The Balaban J connectivity index is 2.26. The number of piperidine rings is 1. The Hall–Kier alpha value is -0.410. The summed E-state index contributed by atoms with van der Waals surface area (Å²) in [7, 11) is 0. The molecule has 0 radical (unpaired) electrons. The molecule has 0 aromatic rings. The number of hydrogen-bond acceptors (Lipinski definition) is 3. The van der Waals surface area contributed by atoms with Gasteiger partial charge in [0, 0.05) is 32.5 Å². The average molecular weight is 185 g/mol. The molecule has 0 aromatic carbocycles. The molecule has 1 atom stereocenters. The van der Waals surface area contributed by atoms with Gasteiger partial charge in [-0.05, 0) is 5.92 Å². The number of hydrogen-bond donors (Lipinski definition) is 1. The Morgan fingerprint density at radius 1 is 1.38 bits per heavy atom. The van der Waals surface area contributed by atoms with Crippen LogP contribution in [-0.4, -0.2) is 41.5 Å². The molecular weight excluding hydrogens is 166 g/mol. The number of Topliss-reactive ketones (excluding diaryl/α,β-unsaturated/α-hetero) is 1. The quantitative estimate of drug-likeness (QED) is 0.702. The number of rotatable bonds is 3. The first-order chi connectivity index (χ1) is 6.09. The molecule has 3 nitrogen and oxygen atoms in total. The lowest BCUT2D eigenvalue weighted by Crippen LogP contribution is -2.40. The van der Waals surface area contributed by atoms with E-state index in [9.17, 15) is 9.90 Å². The fourth-order valence-corrected chi connectivity index (χ4v) is 1.46. The zero-order chi connectivity index (χ0) is 9.84. The van der Waals surface area contributed by atoms with Crippen molar-refractivity contribution in [2.75, 3.05) is 19.6 Å². The zero-order valence-corrected chi connectivity index (χ0v) is 8.49. The molecule has 0 amide bonds. The highest BCUT2D eigenvalue weighted by Gasteiger charge is 2.19. The second-order valence-corrected chi connectivity index (χ2v) is 4.15. The number of carbonyl (C=O) groups excluding carboxylic acids is 1. The summed E-state index contributed by atoms with van der Waals surface area (Å²) in [4.78, 5) is 13.1. The van der Waals surface area contributed by atoms with Gasteiger partial charge in [0.2, 0.25) is 0 Å². The summed E-state index contributed by atoms with van der Waals surface area (Å²) in [6.07, 6.45) is 1.06. The van der Waals surface area contributed by atoms with Crippen LogP contribution in [0.4, 0.5) is 0 Å². The molecule has 0 aliphatic carbocycles. The van der Waals surface area contributed by atoms with Gasteiger partial charge in [-0.1, -0.05) is 13.8 Å². The highest BCUT2D eigenvalue weighted by Crippen LogP contribution is 2.09. The first-order valence-corrected chi connectivity index (χ1v) is 5.01. The van der Waals surface area contributed by atoms with Crippen molar-refractivity contribution < 1.29 is 9.90 Å². The SMILES string of the molecule is CC(C)C(O)CN1CCC(=O)CC1. The van der Waals surface area contributed by atoms with Gasteiger partial charge >= 0.3 is 0 Å². The van der Waals surface area contributed by atoms with Gasteiger partial charge in [0.1, 0.15) is 5.78 Å². The second-order valence-electron chi connectivity index (χ2n) is 4.15. The maximum absolute atomic E-state index is 10.9. The van der Waals surface area contributed by atoms with Crippen molar-refractivity contribution >= 4 is 5.78 Å². The molecule has 1 N–H and O–H groups in total. The molecule has 76 valence electrons. The van der Waals surface area contributed by atoms with E-state index in [2.05, 4.69) is 4.90 Å². The third-order valence-corrected chi connectivity index (χ3v) is 2.63. The average Bonchev–Trinajstić information content (AvgIpc) is 2.08. The zero-order valence-electron chi connectivity index (χ0n) is 8.49. The number of β-amino-alcohol motifs (C(OH)–C–C–N with tert-alkyl or cyclic N) is 1. The smallest absolute Gasteiger partial charge is 0.135 e. The van der Waals surface area contributed by atoms with Crippen molar-refractivity contribution in [1.82, 2.24) is 4.90 Å². The minimum atomic E-state index is -0.256. The molecule has 1 rings (SSSR count). The van der Waals surface area contributed by atoms with E-state index in [-0.39, 0.29) is 6.10 Å². The Morgan fingerprint density at radius 2 is 1.92 bits per heavy atom. The third-order valence-electron chi connectivity index (χ3n) is 2.63. The van der Waals surface area contributed by atoms with Gasteiger partial charge in [0.25, 0.3) is 0 Å². The number of aliphatic hydroxyl groups excluding tert-OH is 1. The van der Waals surface area contributed by atoms with Crippen LogP contribution in [0.15, 0.2) is 0 Å². The van der Waals surface area contributed by atoms with Gasteiger partial charge in [-0.3, -0.25) is 9.69 Å². The lowest BCUT2D eigenvalue weighted by molar-refractivity contribution is -0.121. The van der Waals surface area contributed by atoms with E-state index in [1.165, 1.54) is 0 Å². The van der Waals surface area contributed by atoms with Crippen LogP contribution in [-0.2, 0) is 4.79 Å². The first-order valence-electron chi connectivity index (χ1n) is 5.01. The molecule has 0 spiro atoms. The van der Waals surface area contributed by atoms with Crippen LogP contribution < -0.4 is 0 Å². The van der Waals surface area contributed by atoms with Crippen LogP contribution in [0, 0.1) is 5.92 Å². The van der Waals surface area contributed by atoms with E-state index in [0.717, 1.165) is 13.1 Å². The summed E-state index contributed by atoms with van der Waals surface area (Å²) in [6, 6.07) is 0. The van der Waals surface area contributed by atoms with Gasteiger partial charge in [0.05, 0.1) is 6.10 Å². The Kier molecular flexibility index (Phi) is 3.88. The largest absolute Gasteiger partial charge is 0.392 e. The van der Waals surface area contributed by atoms with Gasteiger partial charge in [0.15, 0.2) is 0 Å². The first kappa shape index (κ1) is 10.7. The third kappa shape index (κ3) is 3.44. The maximum atomic E-state index is 10.9. The number of likely N-dealkylation sites (tertiary alicyclic amines) is 1. The summed E-state index contributed by atoms with van der Waals surface area (Å²) in [5.41, 5.74) is 0. The Morgan fingerprint density at radius 3 is 2.38 bits per heavy atom. The molecule has 0 bridgehead atoms. The predicted molar refractivity (Wildman–Crippen MR) is 51.5 cm³/mol. The van der Waals surface area contributed by atoms with Crippen LogP contribution in [0.2, 0.25) is 0 Å². The summed E-state index contributed by atoms with van der Waals surface area (Å²) in [6.45, 7) is 6.38. The Bertz CT molecular complexity index is 170. The predicted octanol–water partition coefficient (Wildman–Crippen LogP) is 0.668. The molecular formula is C10H19NO2. The lowest BCUT2D eigenvalue weighted by Gasteiger charge is -2.29. The lowest BCUT2D eigenvalue weighted by atomic mass is 10.0. The Labute approximate surface area is 79.7 Å². The monoisotopic (exact) mass is 185 g/mol. The van der Waals surface area contributed by atoms with Gasteiger partial charge in [-0.2, -0.15) is 0 Å². The molecule has 1 fully saturated rings. The molecule has 1 heterocycles. The van der Waals surface area contributed by atoms with E-state index in [4.69, 9.17) is 0 Å². The molecule has 0 aromatic heterocycles. The summed E-state index contributed by atoms with van der Waals surface area (Å²) in [5, 5.41) is 9.62. The molecule has 3 heteroatoms. The highest BCUT2D eigenvalue weighted by molar-refractivity contribution is 5.79. The standard InChI is InChI=1S/C10H19NO2/c1-8(2)10(13)7-11-5-3-9(12)4-6-11/h8,10,13H,3-7H2,1-2H3.